The van der Waals surface area contributed by atoms with E-state index in [0.29, 0.717) is 28.1 Å². The molecule has 5 rings (SSSR count). The molecule has 1 saturated heterocycles. The van der Waals surface area contributed by atoms with Crippen LogP contribution in [0, 0.1) is 0 Å². The Bertz CT molecular complexity index is 1760. The summed E-state index contributed by atoms with van der Waals surface area (Å²) in [6.07, 6.45) is 3.15. The summed E-state index contributed by atoms with van der Waals surface area (Å²) in [7, 11) is 1.66. The summed E-state index contributed by atoms with van der Waals surface area (Å²) in [5.41, 5.74) is 2.82. The van der Waals surface area contributed by atoms with Crippen LogP contribution >= 0.6 is 0 Å². The molecule has 1 aliphatic rings. The Labute approximate surface area is 247 Å². The van der Waals surface area contributed by atoms with Gasteiger partial charge >= 0.3 is 0 Å². The second-order valence-electron chi connectivity index (χ2n) is 10.2. The summed E-state index contributed by atoms with van der Waals surface area (Å²) in [5, 5.41) is 10.8. The number of β-lactam (4-membered cyclic amide) rings is 1. The molecular weight excluding hydrogens is 548 g/mol. The Balaban J connectivity index is 1.42. The van der Waals surface area contributed by atoms with Gasteiger partial charge in [-0.15, -0.1) is 0 Å². The largest absolute Gasteiger partial charge is 0.344 e. The van der Waals surface area contributed by atoms with E-state index in [1.807, 2.05) is 30.3 Å². The van der Waals surface area contributed by atoms with Crippen molar-refractivity contribution in [1.29, 1.82) is 0 Å². The molecule has 1 aliphatic heterocycles. The third-order valence-corrected chi connectivity index (χ3v) is 7.16. The third kappa shape index (κ3) is 6.57. The fraction of sp³-hybridized carbons (Fsp3) is 0.188. The van der Waals surface area contributed by atoms with Gasteiger partial charge in [0.05, 0.1) is 24.7 Å². The van der Waals surface area contributed by atoms with E-state index in [-0.39, 0.29) is 42.2 Å². The van der Waals surface area contributed by atoms with E-state index in [9.17, 15) is 24.0 Å². The molecule has 0 saturated carbocycles. The van der Waals surface area contributed by atoms with Gasteiger partial charge in [-0.25, -0.2) is 0 Å². The quantitative estimate of drug-likeness (QED) is 0.167. The number of nitrogens with zero attached hydrogens (tertiary/aromatic N) is 2. The number of benzene rings is 2. The summed E-state index contributed by atoms with van der Waals surface area (Å²) >= 11 is 0. The number of hydrogen-bond acceptors (Lipinski definition) is 7. The van der Waals surface area contributed by atoms with Crippen molar-refractivity contribution < 1.29 is 19.2 Å². The molecule has 0 aliphatic carbocycles. The number of amides is 3. The van der Waals surface area contributed by atoms with Crippen molar-refractivity contribution in [3.05, 3.63) is 112 Å². The molecule has 1 fully saturated rings. The molecule has 3 heterocycles. The maximum atomic E-state index is 13.7. The van der Waals surface area contributed by atoms with Crippen LogP contribution < -0.4 is 26.8 Å². The topological polar surface area (TPSA) is 151 Å². The molecule has 0 radical (unpaired) electrons. The molecule has 4 aromatic rings. The lowest BCUT2D eigenvalue weighted by atomic mass is 10.0. The van der Waals surface area contributed by atoms with Gasteiger partial charge < -0.3 is 25.8 Å². The third-order valence-electron chi connectivity index (χ3n) is 7.16. The number of carbonyl (C=O) groups excluding carboxylic acids is 4. The number of aromatic nitrogens is 2. The van der Waals surface area contributed by atoms with Gasteiger partial charge in [-0.05, 0) is 55.4 Å². The van der Waals surface area contributed by atoms with Crippen LogP contribution in [0.2, 0.25) is 0 Å². The molecule has 2 atom stereocenters. The maximum Gasteiger partial charge on any atom is 0.275 e. The van der Waals surface area contributed by atoms with Crippen molar-refractivity contribution in [2.24, 2.45) is 0 Å². The Hall–Kier alpha value is -5.42. The number of carbonyl (C=O) groups is 4. The molecule has 11 nitrogen and oxygen atoms in total. The van der Waals surface area contributed by atoms with Crippen LogP contribution in [0.3, 0.4) is 0 Å². The predicted octanol–water partition coefficient (Wildman–Crippen LogP) is 2.56. The maximum absolute atomic E-state index is 13.7. The second kappa shape index (κ2) is 12.6. The standard InChI is InChI=1S/C32H30N6O5/c1-19(33-2)30(41)37-25-11-12-27(21-7-4-3-5-8-21)38(32(25)43)18-20-13-23(17-34-16-20)29(40)22-9-6-10-24(14-22)35-31(42)26-15-28(39)36-26/h3-14,16-17,19,26,33H,15,18H2,1-2H3,(H,35,42)(H,36,39)(H,37,41)/t19-,26?/m0/s1. The Morgan fingerprint density at radius 2 is 1.72 bits per heavy atom. The lowest BCUT2D eigenvalue weighted by molar-refractivity contribution is -0.134. The first kappa shape index (κ1) is 29.1. The van der Waals surface area contributed by atoms with Gasteiger partial charge in [-0.2, -0.15) is 0 Å². The van der Waals surface area contributed by atoms with Crippen molar-refractivity contribution in [2.75, 3.05) is 17.7 Å². The van der Waals surface area contributed by atoms with E-state index in [1.165, 1.54) is 10.8 Å². The zero-order chi connectivity index (χ0) is 30.5. The van der Waals surface area contributed by atoms with E-state index in [2.05, 4.69) is 26.3 Å². The molecule has 3 amide bonds. The van der Waals surface area contributed by atoms with Gasteiger partial charge in [0, 0.05) is 29.2 Å². The highest BCUT2D eigenvalue weighted by molar-refractivity contribution is 6.10. The normalized spacial score (nSPS) is 14.7. The smallest absolute Gasteiger partial charge is 0.275 e. The molecule has 2 aromatic carbocycles. The van der Waals surface area contributed by atoms with Gasteiger partial charge in [0.2, 0.25) is 17.7 Å². The zero-order valence-electron chi connectivity index (χ0n) is 23.6. The van der Waals surface area contributed by atoms with Gasteiger partial charge in [-0.1, -0.05) is 42.5 Å². The first-order valence-corrected chi connectivity index (χ1v) is 13.7. The predicted molar refractivity (Wildman–Crippen MR) is 162 cm³/mol. The van der Waals surface area contributed by atoms with Crippen molar-refractivity contribution in [3.8, 4) is 11.3 Å². The summed E-state index contributed by atoms with van der Waals surface area (Å²) in [4.78, 5) is 67.3. The Morgan fingerprint density at radius 3 is 2.44 bits per heavy atom. The first-order chi connectivity index (χ1) is 20.7. The van der Waals surface area contributed by atoms with Crippen LogP contribution in [0.25, 0.3) is 11.3 Å². The Morgan fingerprint density at radius 1 is 0.953 bits per heavy atom. The number of anilines is 2. The molecule has 43 heavy (non-hydrogen) atoms. The lowest BCUT2D eigenvalue weighted by Gasteiger charge is -2.25. The van der Waals surface area contributed by atoms with Crippen LogP contribution in [0.15, 0.2) is 90.0 Å². The van der Waals surface area contributed by atoms with E-state index in [1.54, 1.807) is 62.6 Å². The van der Waals surface area contributed by atoms with Gasteiger partial charge in [0.1, 0.15) is 11.7 Å². The molecule has 11 heteroatoms. The molecular formula is C32H30N6O5. The minimum atomic E-state index is -0.588. The fourth-order valence-electron chi connectivity index (χ4n) is 4.60. The molecule has 218 valence electrons. The highest BCUT2D eigenvalue weighted by Crippen LogP contribution is 2.22. The van der Waals surface area contributed by atoms with Crippen molar-refractivity contribution in [1.82, 2.24) is 20.2 Å². The fourth-order valence-corrected chi connectivity index (χ4v) is 4.60. The van der Waals surface area contributed by atoms with Crippen LogP contribution in [0.4, 0.5) is 11.4 Å². The number of likely N-dealkylation sites (N-methyl/N-ethyl adjacent to an activating group) is 1. The zero-order valence-corrected chi connectivity index (χ0v) is 23.6. The van der Waals surface area contributed by atoms with Crippen molar-refractivity contribution in [3.63, 3.8) is 0 Å². The van der Waals surface area contributed by atoms with Crippen molar-refractivity contribution in [2.45, 2.75) is 32.0 Å². The molecule has 0 bridgehead atoms. The van der Waals surface area contributed by atoms with E-state index in [4.69, 9.17) is 0 Å². The summed E-state index contributed by atoms with van der Waals surface area (Å²) in [5.74, 6) is -1.20. The van der Waals surface area contributed by atoms with Crippen LogP contribution in [0.1, 0.15) is 34.8 Å². The van der Waals surface area contributed by atoms with Crippen LogP contribution in [-0.2, 0) is 20.9 Å². The van der Waals surface area contributed by atoms with Crippen molar-refractivity contribution >= 4 is 34.9 Å². The van der Waals surface area contributed by atoms with Crippen LogP contribution in [-0.4, -0.2) is 52.2 Å². The number of nitrogens with one attached hydrogen (secondary N) is 4. The summed E-state index contributed by atoms with van der Waals surface area (Å²) in [6.45, 7) is 1.78. The van der Waals surface area contributed by atoms with E-state index >= 15 is 0 Å². The number of pyridine rings is 2. The molecule has 4 N–H and O–H groups in total. The first-order valence-electron chi connectivity index (χ1n) is 13.7. The molecule has 0 spiro atoms. The average molecular weight is 579 g/mol. The van der Waals surface area contributed by atoms with Gasteiger partial charge in [0.25, 0.3) is 5.56 Å². The van der Waals surface area contributed by atoms with Crippen LogP contribution in [0.5, 0.6) is 0 Å². The monoisotopic (exact) mass is 578 g/mol. The summed E-state index contributed by atoms with van der Waals surface area (Å²) < 4.78 is 1.54. The highest BCUT2D eigenvalue weighted by atomic mass is 16.2. The second-order valence-corrected chi connectivity index (χ2v) is 10.2. The highest BCUT2D eigenvalue weighted by Gasteiger charge is 2.31. The Kier molecular flexibility index (Phi) is 8.54. The number of ketones is 1. The molecule has 1 unspecified atom stereocenters. The van der Waals surface area contributed by atoms with Gasteiger partial charge in [0.15, 0.2) is 5.78 Å². The molecule has 2 aromatic heterocycles. The average Bonchev–Trinajstić information content (AvgIpc) is 3.01. The lowest BCUT2D eigenvalue weighted by Crippen LogP contribution is -2.55. The SMILES string of the molecule is CN[C@@H](C)C(=O)Nc1ccc(-c2ccccc2)n(Cc2cncc(C(=O)c3cccc(NC(=O)C4CC(=O)N4)c3)c2)c1=O. The number of hydrogen-bond donors (Lipinski definition) is 4. The summed E-state index contributed by atoms with van der Waals surface area (Å²) in [6, 6.07) is 19.8. The van der Waals surface area contributed by atoms with Gasteiger partial charge in [-0.3, -0.25) is 29.0 Å². The van der Waals surface area contributed by atoms with E-state index < -0.39 is 17.6 Å². The minimum absolute atomic E-state index is 0.0890. The van der Waals surface area contributed by atoms with E-state index in [0.717, 1.165) is 5.56 Å². The minimum Gasteiger partial charge on any atom is -0.344 e. The number of rotatable bonds is 10.